The highest BCUT2D eigenvalue weighted by Gasteiger charge is 2.11. The van der Waals surface area contributed by atoms with E-state index < -0.39 is 11.9 Å². The van der Waals surface area contributed by atoms with Crippen LogP contribution >= 0.6 is 15.9 Å². The van der Waals surface area contributed by atoms with E-state index in [1.165, 1.54) is 0 Å². The molecule has 1 rings (SSSR count). The van der Waals surface area contributed by atoms with Gasteiger partial charge in [0, 0.05) is 10.0 Å². The zero-order valence-corrected chi connectivity index (χ0v) is 11.0. The van der Waals surface area contributed by atoms with E-state index >= 15 is 0 Å². The van der Waals surface area contributed by atoms with Crippen LogP contribution in [0.15, 0.2) is 28.7 Å². The predicted molar refractivity (Wildman–Crippen MR) is 65.2 cm³/mol. The van der Waals surface area contributed by atoms with Gasteiger partial charge in [0.05, 0.1) is 6.61 Å². The summed E-state index contributed by atoms with van der Waals surface area (Å²) in [6, 6.07) is 7.41. The minimum Gasteiger partial charge on any atom is -0.466 e. The Morgan fingerprint density at radius 2 is 1.82 bits per heavy atom. The second kappa shape index (κ2) is 7.06. The maximum Gasteiger partial charge on any atom is 0.317 e. The Labute approximate surface area is 108 Å². The molecule has 0 aliphatic rings. The molecule has 4 nitrogen and oxygen atoms in total. The van der Waals surface area contributed by atoms with Crippen molar-refractivity contribution in [3.63, 3.8) is 0 Å². The highest BCUT2D eigenvalue weighted by Crippen LogP contribution is 2.16. The van der Waals surface area contributed by atoms with Gasteiger partial charge in [-0.05, 0) is 13.0 Å². The molecular weight excluding hydrogens is 288 g/mol. The van der Waals surface area contributed by atoms with E-state index in [1.807, 2.05) is 24.3 Å². The molecule has 0 heterocycles. The van der Waals surface area contributed by atoms with Gasteiger partial charge in [0.2, 0.25) is 0 Å². The second-order valence-corrected chi connectivity index (χ2v) is 4.09. The zero-order chi connectivity index (χ0) is 12.7. The van der Waals surface area contributed by atoms with E-state index in [0.717, 1.165) is 10.0 Å². The number of rotatable bonds is 5. The first kappa shape index (κ1) is 13.7. The van der Waals surface area contributed by atoms with E-state index in [0.29, 0.717) is 0 Å². The smallest absolute Gasteiger partial charge is 0.317 e. The molecule has 17 heavy (non-hydrogen) atoms. The average molecular weight is 301 g/mol. The number of carbonyl (C=O) groups is 2. The van der Waals surface area contributed by atoms with Crippen LogP contribution in [0.3, 0.4) is 0 Å². The van der Waals surface area contributed by atoms with E-state index in [9.17, 15) is 9.59 Å². The molecule has 0 bridgehead atoms. The van der Waals surface area contributed by atoms with Gasteiger partial charge < -0.3 is 9.47 Å². The highest BCUT2D eigenvalue weighted by atomic mass is 79.9. The Bertz CT molecular complexity index is 403. The maximum absolute atomic E-state index is 11.3. The molecule has 0 N–H and O–H groups in total. The fourth-order valence-corrected chi connectivity index (χ4v) is 1.55. The first-order valence-electron chi connectivity index (χ1n) is 5.18. The number of hydrogen-bond donors (Lipinski definition) is 0. The molecule has 0 aromatic heterocycles. The lowest BCUT2D eigenvalue weighted by molar-refractivity contribution is -0.155. The summed E-state index contributed by atoms with van der Waals surface area (Å²) < 4.78 is 10.5. The van der Waals surface area contributed by atoms with Gasteiger partial charge in [-0.25, -0.2) is 0 Å². The van der Waals surface area contributed by atoms with Crippen molar-refractivity contribution in [2.45, 2.75) is 20.0 Å². The fraction of sp³-hybridized carbons (Fsp3) is 0.333. The molecule has 92 valence electrons. The van der Waals surface area contributed by atoms with Crippen molar-refractivity contribution in [3.8, 4) is 0 Å². The normalized spacial score (nSPS) is 9.76. The van der Waals surface area contributed by atoms with Crippen molar-refractivity contribution in [1.29, 1.82) is 0 Å². The van der Waals surface area contributed by atoms with Gasteiger partial charge in [-0.3, -0.25) is 9.59 Å². The molecule has 0 radical (unpaired) electrons. The van der Waals surface area contributed by atoms with Gasteiger partial charge in [0.15, 0.2) is 0 Å². The number of ether oxygens (including phenoxy) is 2. The SMILES string of the molecule is CCOC(=O)CC(=O)OCc1ccccc1Br. The zero-order valence-electron chi connectivity index (χ0n) is 9.44. The Morgan fingerprint density at radius 3 is 2.47 bits per heavy atom. The summed E-state index contributed by atoms with van der Waals surface area (Å²) in [5.41, 5.74) is 0.852. The molecule has 0 amide bonds. The molecule has 0 aliphatic heterocycles. The summed E-state index contributed by atoms with van der Waals surface area (Å²) in [4.78, 5) is 22.3. The van der Waals surface area contributed by atoms with E-state index in [1.54, 1.807) is 6.92 Å². The topological polar surface area (TPSA) is 52.6 Å². The van der Waals surface area contributed by atoms with Gasteiger partial charge in [0.25, 0.3) is 0 Å². The standard InChI is InChI=1S/C12H13BrO4/c1-2-16-11(14)7-12(15)17-8-9-5-3-4-6-10(9)13/h3-6H,2,7-8H2,1H3. The molecule has 1 aromatic rings. The highest BCUT2D eigenvalue weighted by molar-refractivity contribution is 9.10. The summed E-state index contributed by atoms with van der Waals surface area (Å²) >= 11 is 3.34. The number of esters is 2. The lowest BCUT2D eigenvalue weighted by Gasteiger charge is -2.06. The van der Waals surface area contributed by atoms with Crippen molar-refractivity contribution in [1.82, 2.24) is 0 Å². The quantitative estimate of drug-likeness (QED) is 0.619. The minimum atomic E-state index is -0.584. The Balaban J connectivity index is 2.38. The molecule has 0 unspecified atom stereocenters. The van der Waals surface area contributed by atoms with Crippen LogP contribution < -0.4 is 0 Å². The first-order chi connectivity index (χ1) is 8.13. The summed E-state index contributed by atoms with van der Waals surface area (Å²) in [5.74, 6) is -1.15. The van der Waals surface area contributed by atoms with Crippen LogP contribution in [0.25, 0.3) is 0 Å². The number of halogens is 1. The van der Waals surface area contributed by atoms with Gasteiger partial charge in [0.1, 0.15) is 13.0 Å². The van der Waals surface area contributed by atoms with Crippen LogP contribution in [0.1, 0.15) is 18.9 Å². The maximum atomic E-state index is 11.3. The van der Waals surface area contributed by atoms with Crippen LogP contribution in [0.5, 0.6) is 0 Å². The number of hydrogen-bond acceptors (Lipinski definition) is 4. The van der Waals surface area contributed by atoms with Gasteiger partial charge in [-0.2, -0.15) is 0 Å². The second-order valence-electron chi connectivity index (χ2n) is 3.23. The summed E-state index contributed by atoms with van der Waals surface area (Å²) in [6.45, 7) is 2.08. The Morgan fingerprint density at radius 1 is 1.18 bits per heavy atom. The third kappa shape index (κ3) is 4.99. The largest absolute Gasteiger partial charge is 0.466 e. The molecule has 0 saturated carbocycles. The summed E-state index contributed by atoms with van der Waals surface area (Å²) in [5, 5.41) is 0. The summed E-state index contributed by atoms with van der Waals surface area (Å²) in [6.07, 6.45) is -0.349. The molecular formula is C12H13BrO4. The average Bonchev–Trinajstić information content (AvgIpc) is 2.28. The Hall–Kier alpha value is -1.36. The molecule has 0 atom stereocenters. The molecule has 1 aromatic carbocycles. The van der Waals surface area contributed by atoms with E-state index in [-0.39, 0.29) is 19.6 Å². The monoisotopic (exact) mass is 300 g/mol. The Kier molecular flexibility index (Phi) is 5.69. The van der Waals surface area contributed by atoms with Crippen LogP contribution in [-0.4, -0.2) is 18.5 Å². The third-order valence-electron chi connectivity index (χ3n) is 1.94. The molecule has 0 fully saturated rings. The van der Waals surface area contributed by atoms with E-state index in [2.05, 4.69) is 20.7 Å². The van der Waals surface area contributed by atoms with Crippen LogP contribution in [0.4, 0.5) is 0 Å². The fourth-order valence-electron chi connectivity index (χ4n) is 1.15. The summed E-state index contributed by atoms with van der Waals surface area (Å²) in [7, 11) is 0. The van der Waals surface area contributed by atoms with Gasteiger partial charge in [-0.15, -0.1) is 0 Å². The van der Waals surface area contributed by atoms with Crippen molar-refractivity contribution in [3.05, 3.63) is 34.3 Å². The van der Waals surface area contributed by atoms with Crippen molar-refractivity contribution < 1.29 is 19.1 Å². The molecule has 0 saturated heterocycles. The predicted octanol–water partition coefficient (Wildman–Crippen LogP) is 2.45. The number of carbonyl (C=O) groups excluding carboxylic acids is 2. The van der Waals surface area contributed by atoms with Crippen LogP contribution in [0, 0.1) is 0 Å². The van der Waals surface area contributed by atoms with Crippen molar-refractivity contribution >= 4 is 27.9 Å². The molecule has 0 spiro atoms. The van der Waals surface area contributed by atoms with Crippen LogP contribution in [-0.2, 0) is 25.7 Å². The minimum absolute atomic E-state index is 0.139. The lowest BCUT2D eigenvalue weighted by atomic mass is 10.2. The van der Waals surface area contributed by atoms with Gasteiger partial charge in [-0.1, -0.05) is 34.1 Å². The third-order valence-corrected chi connectivity index (χ3v) is 2.71. The van der Waals surface area contributed by atoms with E-state index in [4.69, 9.17) is 4.74 Å². The van der Waals surface area contributed by atoms with Crippen molar-refractivity contribution in [2.24, 2.45) is 0 Å². The number of benzene rings is 1. The van der Waals surface area contributed by atoms with Crippen LogP contribution in [0.2, 0.25) is 0 Å². The molecule has 0 aliphatic carbocycles. The van der Waals surface area contributed by atoms with Crippen molar-refractivity contribution in [2.75, 3.05) is 6.61 Å². The first-order valence-corrected chi connectivity index (χ1v) is 5.97. The lowest BCUT2D eigenvalue weighted by Crippen LogP contribution is -2.13. The molecule has 5 heteroatoms. The van der Waals surface area contributed by atoms with Gasteiger partial charge >= 0.3 is 11.9 Å².